The zero-order chi connectivity index (χ0) is 13.1. The van der Waals surface area contributed by atoms with Crippen LogP contribution >= 0.6 is 0 Å². The number of hydrogen-bond acceptors (Lipinski definition) is 2. The van der Waals surface area contributed by atoms with E-state index < -0.39 is 5.97 Å². The zero-order valence-corrected chi connectivity index (χ0v) is 11.7. The molecule has 1 aliphatic heterocycles. The predicted molar refractivity (Wildman–Crippen MR) is 72.3 cm³/mol. The van der Waals surface area contributed by atoms with Crippen molar-refractivity contribution < 1.29 is 9.90 Å². The molecule has 0 unspecified atom stereocenters. The van der Waals surface area contributed by atoms with Crippen molar-refractivity contribution >= 4 is 5.97 Å². The quantitative estimate of drug-likeness (QED) is 0.752. The Morgan fingerprint density at radius 1 is 1.24 bits per heavy atom. The average Bonchev–Trinajstić information content (AvgIpc) is 2.26. The van der Waals surface area contributed by atoms with Gasteiger partial charge in [-0.2, -0.15) is 0 Å². The van der Waals surface area contributed by atoms with E-state index in [1.165, 1.54) is 58.2 Å². The number of hydrogen-bond donors (Lipinski definition) is 1. The van der Waals surface area contributed by atoms with Crippen LogP contribution in [0.4, 0.5) is 0 Å². The third-order valence-electron chi connectivity index (χ3n) is 3.20. The first-order valence-corrected chi connectivity index (χ1v) is 6.98. The second-order valence-corrected chi connectivity index (χ2v) is 5.10. The molecule has 0 atom stereocenters. The summed E-state index contributed by atoms with van der Waals surface area (Å²) < 4.78 is 0. The molecule has 0 radical (unpaired) electrons. The lowest BCUT2D eigenvalue weighted by Crippen LogP contribution is -2.33. The van der Waals surface area contributed by atoms with Crippen molar-refractivity contribution in [3.63, 3.8) is 0 Å². The summed E-state index contributed by atoms with van der Waals surface area (Å²) in [5.74, 6) is 0.145. The highest BCUT2D eigenvalue weighted by molar-refractivity contribution is 5.62. The Hall–Kier alpha value is -0.570. The van der Waals surface area contributed by atoms with E-state index in [2.05, 4.69) is 18.7 Å². The lowest BCUT2D eigenvalue weighted by Gasteiger charge is -2.30. The van der Waals surface area contributed by atoms with Gasteiger partial charge in [-0.15, -0.1) is 0 Å². The van der Waals surface area contributed by atoms with Crippen LogP contribution in [0.1, 0.15) is 59.3 Å². The Bertz CT molecular complexity index is 183. The van der Waals surface area contributed by atoms with Crippen LogP contribution in [-0.4, -0.2) is 35.6 Å². The van der Waals surface area contributed by atoms with Crippen LogP contribution in [0.15, 0.2) is 0 Å². The first kappa shape index (κ1) is 16.4. The van der Waals surface area contributed by atoms with Crippen LogP contribution in [-0.2, 0) is 4.79 Å². The molecule has 0 aliphatic carbocycles. The van der Waals surface area contributed by atoms with E-state index >= 15 is 0 Å². The van der Waals surface area contributed by atoms with E-state index in [0.717, 1.165) is 12.8 Å². The first-order chi connectivity index (χ1) is 8.06. The van der Waals surface area contributed by atoms with Crippen LogP contribution in [0.5, 0.6) is 0 Å². The van der Waals surface area contributed by atoms with Gasteiger partial charge in [-0.25, -0.2) is 0 Å². The van der Waals surface area contributed by atoms with Gasteiger partial charge in [0.25, 0.3) is 5.97 Å². The highest BCUT2D eigenvalue weighted by Crippen LogP contribution is 2.16. The normalized spacial score (nSPS) is 17.4. The van der Waals surface area contributed by atoms with E-state index in [4.69, 9.17) is 9.90 Å². The molecule has 0 aromatic heterocycles. The number of carbonyl (C=O) groups is 1. The summed E-state index contributed by atoms with van der Waals surface area (Å²) in [6.07, 6.45) is 8.48. The van der Waals surface area contributed by atoms with E-state index in [0.29, 0.717) is 0 Å². The SMILES string of the molecule is CC(=O)O.CCCCCCN1CCC(C)CC1. The molecule has 1 aliphatic rings. The third kappa shape index (κ3) is 11.7. The van der Waals surface area contributed by atoms with Crippen LogP contribution in [0, 0.1) is 5.92 Å². The number of aliphatic carboxylic acids is 1. The summed E-state index contributed by atoms with van der Waals surface area (Å²) in [6, 6.07) is 0. The molecule has 1 rings (SSSR count). The molecule has 1 N–H and O–H groups in total. The minimum atomic E-state index is -0.833. The fourth-order valence-corrected chi connectivity index (χ4v) is 2.05. The van der Waals surface area contributed by atoms with E-state index in [1.807, 2.05) is 0 Å². The summed E-state index contributed by atoms with van der Waals surface area (Å²) in [5.41, 5.74) is 0. The zero-order valence-electron chi connectivity index (χ0n) is 11.7. The van der Waals surface area contributed by atoms with Crippen molar-refractivity contribution in [2.24, 2.45) is 5.92 Å². The lowest BCUT2D eigenvalue weighted by atomic mass is 9.99. The highest BCUT2D eigenvalue weighted by Gasteiger charge is 2.14. The fraction of sp³-hybridized carbons (Fsp3) is 0.929. The van der Waals surface area contributed by atoms with Crippen molar-refractivity contribution in [1.82, 2.24) is 4.90 Å². The second-order valence-electron chi connectivity index (χ2n) is 5.10. The molecule has 0 bridgehead atoms. The minimum Gasteiger partial charge on any atom is -0.481 e. The Balaban J connectivity index is 0.000000557. The van der Waals surface area contributed by atoms with Crippen LogP contribution in [0.3, 0.4) is 0 Å². The number of likely N-dealkylation sites (tertiary alicyclic amines) is 1. The molecule has 17 heavy (non-hydrogen) atoms. The Morgan fingerprint density at radius 2 is 1.76 bits per heavy atom. The molecule has 1 heterocycles. The van der Waals surface area contributed by atoms with Gasteiger partial charge in [0.2, 0.25) is 0 Å². The summed E-state index contributed by atoms with van der Waals surface area (Å²) in [4.78, 5) is 11.6. The van der Waals surface area contributed by atoms with Gasteiger partial charge < -0.3 is 10.0 Å². The first-order valence-electron chi connectivity index (χ1n) is 6.98. The van der Waals surface area contributed by atoms with Gasteiger partial charge in [0.05, 0.1) is 0 Å². The van der Waals surface area contributed by atoms with Gasteiger partial charge in [-0.3, -0.25) is 4.79 Å². The highest BCUT2D eigenvalue weighted by atomic mass is 16.4. The molecule has 102 valence electrons. The number of rotatable bonds is 5. The van der Waals surface area contributed by atoms with Gasteiger partial charge in [-0.05, 0) is 44.8 Å². The predicted octanol–water partition coefficient (Wildman–Crippen LogP) is 3.39. The standard InChI is InChI=1S/C12H25N.C2H4O2/c1-3-4-5-6-9-13-10-7-12(2)8-11-13;1-2(3)4/h12H,3-11H2,1-2H3;1H3,(H,3,4). The monoisotopic (exact) mass is 243 g/mol. The maximum Gasteiger partial charge on any atom is 0.300 e. The van der Waals surface area contributed by atoms with Crippen molar-refractivity contribution in [2.45, 2.75) is 59.3 Å². The fourth-order valence-electron chi connectivity index (χ4n) is 2.05. The molecular formula is C14H29NO2. The summed E-state index contributed by atoms with van der Waals surface area (Å²) in [5, 5.41) is 7.42. The van der Waals surface area contributed by atoms with Crippen LogP contribution < -0.4 is 0 Å². The smallest absolute Gasteiger partial charge is 0.300 e. The van der Waals surface area contributed by atoms with E-state index in [9.17, 15) is 0 Å². The molecule has 0 spiro atoms. The lowest BCUT2D eigenvalue weighted by molar-refractivity contribution is -0.134. The molecule has 0 amide bonds. The Morgan fingerprint density at radius 3 is 2.24 bits per heavy atom. The summed E-state index contributed by atoms with van der Waals surface area (Å²) in [7, 11) is 0. The van der Waals surface area contributed by atoms with Crippen molar-refractivity contribution in [2.75, 3.05) is 19.6 Å². The molecule has 3 nitrogen and oxygen atoms in total. The minimum absolute atomic E-state index is 0.833. The van der Waals surface area contributed by atoms with E-state index in [1.54, 1.807) is 0 Å². The van der Waals surface area contributed by atoms with Gasteiger partial charge in [0.1, 0.15) is 0 Å². The number of unbranched alkanes of at least 4 members (excludes halogenated alkanes) is 3. The molecule has 0 aromatic carbocycles. The van der Waals surface area contributed by atoms with Crippen molar-refractivity contribution in [3.05, 3.63) is 0 Å². The van der Waals surface area contributed by atoms with Crippen molar-refractivity contribution in [3.8, 4) is 0 Å². The maximum absolute atomic E-state index is 9.00. The summed E-state index contributed by atoms with van der Waals surface area (Å²) >= 11 is 0. The molecular weight excluding hydrogens is 214 g/mol. The van der Waals surface area contributed by atoms with Crippen LogP contribution in [0.25, 0.3) is 0 Å². The number of nitrogens with zero attached hydrogens (tertiary/aromatic N) is 1. The Kier molecular flexibility index (Phi) is 10.2. The molecule has 1 saturated heterocycles. The summed E-state index contributed by atoms with van der Waals surface area (Å²) in [6.45, 7) is 9.81. The Labute approximate surface area is 106 Å². The maximum atomic E-state index is 9.00. The van der Waals surface area contributed by atoms with E-state index in [-0.39, 0.29) is 0 Å². The van der Waals surface area contributed by atoms with Crippen molar-refractivity contribution in [1.29, 1.82) is 0 Å². The van der Waals surface area contributed by atoms with Gasteiger partial charge in [-0.1, -0.05) is 33.1 Å². The van der Waals surface area contributed by atoms with Gasteiger partial charge in [0.15, 0.2) is 0 Å². The second kappa shape index (κ2) is 10.6. The average molecular weight is 243 g/mol. The molecule has 0 aromatic rings. The van der Waals surface area contributed by atoms with Crippen LogP contribution in [0.2, 0.25) is 0 Å². The molecule has 0 saturated carbocycles. The topological polar surface area (TPSA) is 40.5 Å². The number of carboxylic acid groups (broad SMARTS) is 1. The molecule has 3 heteroatoms. The van der Waals surface area contributed by atoms with Gasteiger partial charge >= 0.3 is 0 Å². The number of piperidine rings is 1. The van der Waals surface area contributed by atoms with Gasteiger partial charge in [0, 0.05) is 6.92 Å². The largest absolute Gasteiger partial charge is 0.481 e. The third-order valence-corrected chi connectivity index (χ3v) is 3.20. The molecule has 1 fully saturated rings. The number of carboxylic acids is 1.